The first kappa shape index (κ1) is 23.6. The molecule has 5 aromatic rings. The zero-order chi connectivity index (χ0) is 26.4. The van der Waals surface area contributed by atoms with Gasteiger partial charge in [-0.05, 0) is 59.8 Å². The molecular weight excluding hydrogens is 498 g/mol. The molecule has 0 aliphatic heterocycles. The molecule has 0 aromatic heterocycles. The van der Waals surface area contributed by atoms with Crippen LogP contribution >= 0.6 is 11.6 Å². The van der Waals surface area contributed by atoms with Crippen molar-refractivity contribution in [1.29, 1.82) is 0 Å². The lowest BCUT2D eigenvalue weighted by Crippen LogP contribution is -2.12. The number of amides is 1. The summed E-state index contributed by atoms with van der Waals surface area (Å²) in [6.07, 6.45) is 0. The largest absolute Gasteiger partial charge is 0.505 e. The molecule has 38 heavy (non-hydrogen) atoms. The number of para-hydroxylation sites is 1. The van der Waals surface area contributed by atoms with Crippen LogP contribution in [-0.2, 0) is 0 Å². The molecule has 2 N–H and O–H groups in total. The van der Waals surface area contributed by atoms with Gasteiger partial charge in [-0.2, -0.15) is 5.11 Å². The molecule has 0 fully saturated rings. The number of hydrogen-bond donors (Lipinski definition) is 2. The van der Waals surface area contributed by atoms with Gasteiger partial charge >= 0.3 is 0 Å². The fraction of sp³-hybridized carbons (Fsp3) is 0.0323. The van der Waals surface area contributed by atoms with Gasteiger partial charge in [-0.15, -0.1) is 5.11 Å². The minimum atomic E-state index is -0.533. The molecule has 6 nitrogen and oxygen atoms in total. The molecule has 0 radical (unpaired) electrons. The number of anilines is 1. The Kier molecular flexibility index (Phi) is 5.74. The van der Waals surface area contributed by atoms with Gasteiger partial charge in [0.2, 0.25) is 0 Å². The normalized spacial score (nSPS) is 12.1. The van der Waals surface area contributed by atoms with E-state index in [-0.39, 0.29) is 22.8 Å². The molecule has 1 amide bonds. The molecule has 184 valence electrons. The first-order chi connectivity index (χ1) is 18.4. The van der Waals surface area contributed by atoms with Crippen LogP contribution in [0.4, 0.5) is 17.1 Å². The van der Waals surface area contributed by atoms with Crippen LogP contribution in [0.15, 0.2) is 101 Å². The lowest BCUT2D eigenvalue weighted by atomic mass is 10.0. The Morgan fingerprint density at radius 3 is 2.34 bits per heavy atom. The molecule has 7 heteroatoms. The fourth-order valence-corrected chi connectivity index (χ4v) is 4.88. The van der Waals surface area contributed by atoms with Crippen LogP contribution in [0.5, 0.6) is 5.75 Å². The molecule has 0 spiro atoms. The Hall–Kier alpha value is -4.81. The van der Waals surface area contributed by atoms with Crippen molar-refractivity contribution in [2.24, 2.45) is 10.2 Å². The summed E-state index contributed by atoms with van der Waals surface area (Å²) in [6, 6.07) is 26.9. The van der Waals surface area contributed by atoms with E-state index >= 15 is 0 Å². The Labute approximate surface area is 223 Å². The highest BCUT2D eigenvalue weighted by Gasteiger charge is 2.27. The fourth-order valence-electron chi connectivity index (χ4n) is 4.69. The van der Waals surface area contributed by atoms with Gasteiger partial charge in [-0.3, -0.25) is 9.59 Å². The van der Waals surface area contributed by atoms with Gasteiger partial charge in [-0.1, -0.05) is 71.8 Å². The third-order valence-electron chi connectivity index (χ3n) is 6.58. The monoisotopic (exact) mass is 517 g/mol. The molecule has 1 aliphatic rings. The zero-order valence-electron chi connectivity index (χ0n) is 20.2. The van der Waals surface area contributed by atoms with Crippen molar-refractivity contribution in [3.8, 4) is 16.9 Å². The van der Waals surface area contributed by atoms with E-state index in [0.717, 1.165) is 16.7 Å². The number of hydrogen-bond acceptors (Lipinski definition) is 5. The molecule has 0 saturated carbocycles. The van der Waals surface area contributed by atoms with Gasteiger partial charge in [0.05, 0.1) is 22.0 Å². The number of halogens is 1. The minimum Gasteiger partial charge on any atom is -0.505 e. The highest BCUT2D eigenvalue weighted by atomic mass is 35.5. The maximum absolute atomic E-state index is 13.1. The van der Waals surface area contributed by atoms with E-state index < -0.39 is 5.91 Å². The van der Waals surface area contributed by atoms with Crippen LogP contribution in [0.1, 0.15) is 31.8 Å². The predicted octanol–water partition coefficient (Wildman–Crippen LogP) is 8.39. The van der Waals surface area contributed by atoms with Crippen molar-refractivity contribution >= 4 is 51.1 Å². The van der Waals surface area contributed by atoms with Gasteiger partial charge < -0.3 is 10.4 Å². The summed E-state index contributed by atoms with van der Waals surface area (Å²) in [5, 5.41) is 24.3. The Morgan fingerprint density at radius 2 is 1.53 bits per heavy atom. The maximum Gasteiger partial charge on any atom is 0.259 e. The van der Waals surface area contributed by atoms with E-state index in [1.807, 2.05) is 49.4 Å². The van der Waals surface area contributed by atoms with E-state index in [2.05, 4.69) is 15.5 Å². The lowest BCUT2D eigenvalue weighted by molar-refractivity contribution is 0.102. The van der Waals surface area contributed by atoms with E-state index in [0.29, 0.717) is 38.3 Å². The second kappa shape index (κ2) is 9.25. The second-order valence-electron chi connectivity index (χ2n) is 9.08. The standard InChI is InChI=1S/C31H20ClN3O3/c1-17-10-12-21-22-13-11-19(16-24(22)29(36)23(21)14-17)34-35-28-20-7-3-2-6-18(20)15-25(30(28)37)31(38)33-27-9-5-4-8-26(27)32/h2-16,37H,1H3,(H,33,38). The zero-order valence-corrected chi connectivity index (χ0v) is 21.0. The third-order valence-corrected chi connectivity index (χ3v) is 6.91. The summed E-state index contributed by atoms with van der Waals surface area (Å²) in [5.74, 6) is -0.895. The summed E-state index contributed by atoms with van der Waals surface area (Å²) in [5.41, 5.74) is 5.08. The highest BCUT2D eigenvalue weighted by molar-refractivity contribution is 6.34. The summed E-state index contributed by atoms with van der Waals surface area (Å²) in [7, 11) is 0. The molecule has 0 atom stereocenters. The number of ketones is 1. The number of carbonyl (C=O) groups is 2. The van der Waals surface area contributed by atoms with Gasteiger partial charge in [0.1, 0.15) is 5.69 Å². The molecule has 1 aliphatic carbocycles. The van der Waals surface area contributed by atoms with Crippen LogP contribution in [0, 0.1) is 6.92 Å². The molecule has 5 aromatic carbocycles. The second-order valence-corrected chi connectivity index (χ2v) is 9.49. The number of aromatic hydroxyl groups is 1. The number of nitrogens with one attached hydrogen (secondary N) is 1. The molecule has 0 saturated heterocycles. The van der Waals surface area contributed by atoms with E-state index in [1.165, 1.54) is 0 Å². The SMILES string of the molecule is Cc1ccc2c(c1)C(=O)c1cc(N=Nc3c(O)c(C(=O)Nc4ccccc4Cl)cc4ccccc34)ccc1-2. The van der Waals surface area contributed by atoms with Gasteiger partial charge in [-0.25, -0.2) is 0 Å². The van der Waals surface area contributed by atoms with Crippen molar-refractivity contribution in [2.75, 3.05) is 5.32 Å². The van der Waals surface area contributed by atoms with E-state index in [4.69, 9.17) is 11.6 Å². The van der Waals surface area contributed by atoms with Crippen LogP contribution in [0.3, 0.4) is 0 Å². The third kappa shape index (κ3) is 4.01. The first-order valence-electron chi connectivity index (χ1n) is 11.9. The number of azo groups is 1. The van der Waals surface area contributed by atoms with Crippen LogP contribution in [0.2, 0.25) is 5.02 Å². The smallest absolute Gasteiger partial charge is 0.259 e. The Balaban J connectivity index is 1.39. The number of phenols is 1. The van der Waals surface area contributed by atoms with Crippen molar-refractivity contribution in [3.05, 3.63) is 118 Å². The highest BCUT2D eigenvalue weighted by Crippen LogP contribution is 2.42. The number of benzene rings is 5. The van der Waals surface area contributed by atoms with Crippen molar-refractivity contribution in [3.63, 3.8) is 0 Å². The molecule has 0 heterocycles. The average Bonchev–Trinajstić information content (AvgIpc) is 3.19. The number of phenolic OH excluding ortho intramolecular Hbond substituents is 1. The number of aryl methyl sites for hydroxylation is 1. The van der Waals surface area contributed by atoms with Crippen LogP contribution in [0.25, 0.3) is 21.9 Å². The number of rotatable bonds is 4. The van der Waals surface area contributed by atoms with Gasteiger partial charge in [0.25, 0.3) is 5.91 Å². The summed E-state index contributed by atoms with van der Waals surface area (Å²) in [4.78, 5) is 26.1. The van der Waals surface area contributed by atoms with Crippen LogP contribution in [-0.4, -0.2) is 16.8 Å². The summed E-state index contributed by atoms with van der Waals surface area (Å²) >= 11 is 6.19. The quantitative estimate of drug-likeness (QED) is 0.230. The predicted molar refractivity (Wildman–Crippen MR) is 149 cm³/mol. The lowest BCUT2D eigenvalue weighted by Gasteiger charge is -2.12. The minimum absolute atomic E-state index is 0.0347. The summed E-state index contributed by atoms with van der Waals surface area (Å²) in [6.45, 7) is 1.95. The van der Waals surface area contributed by atoms with Crippen molar-refractivity contribution < 1.29 is 14.7 Å². The first-order valence-corrected chi connectivity index (χ1v) is 12.3. The molecule has 0 unspecified atom stereocenters. The topological polar surface area (TPSA) is 91.1 Å². The number of nitrogens with zero attached hydrogens (tertiary/aromatic N) is 2. The Bertz CT molecular complexity index is 1830. The van der Waals surface area contributed by atoms with Crippen molar-refractivity contribution in [1.82, 2.24) is 0 Å². The number of fused-ring (bicyclic) bond motifs is 4. The van der Waals surface area contributed by atoms with E-state index in [9.17, 15) is 14.7 Å². The molecule has 6 rings (SSSR count). The summed E-state index contributed by atoms with van der Waals surface area (Å²) < 4.78 is 0. The average molecular weight is 518 g/mol. The molecular formula is C31H20ClN3O3. The van der Waals surface area contributed by atoms with Crippen LogP contribution < -0.4 is 5.32 Å². The maximum atomic E-state index is 13.1. The van der Waals surface area contributed by atoms with E-state index in [1.54, 1.807) is 48.5 Å². The Morgan fingerprint density at radius 1 is 0.816 bits per heavy atom. The number of carbonyl (C=O) groups excluding carboxylic acids is 2. The van der Waals surface area contributed by atoms with Gasteiger partial charge in [0, 0.05) is 16.5 Å². The van der Waals surface area contributed by atoms with Crippen molar-refractivity contribution in [2.45, 2.75) is 6.92 Å². The van der Waals surface area contributed by atoms with Gasteiger partial charge in [0.15, 0.2) is 11.5 Å². The molecule has 0 bridgehead atoms.